The van der Waals surface area contributed by atoms with Crippen LogP contribution in [0, 0.1) is 0 Å². The molecular formula is C15H22O2. The largest absolute Gasteiger partial charge is 0.493 e. The van der Waals surface area contributed by atoms with E-state index < -0.39 is 0 Å². The van der Waals surface area contributed by atoms with Crippen molar-refractivity contribution in [3.63, 3.8) is 0 Å². The van der Waals surface area contributed by atoms with Crippen LogP contribution in [0.15, 0.2) is 24.3 Å². The van der Waals surface area contributed by atoms with Crippen LogP contribution in [-0.2, 0) is 0 Å². The van der Waals surface area contributed by atoms with Gasteiger partial charge in [0, 0.05) is 11.5 Å². The molecule has 1 heterocycles. The van der Waals surface area contributed by atoms with Crippen LogP contribution in [0.5, 0.6) is 5.75 Å². The van der Waals surface area contributed by atoms with E-state index in [0.717, 1.165) is 44.5 Å². The number of para-hydroxylation sites is 1. The van der Waals surface area contributed by atoms with Crippen LogP contribution < -0.4 is 4.74 Å². The average molecular weight is 234 g/mol. The molecule has 2 unspecified atom stereocenters. The minimum absolute atomic E-state index is 0.113. The van der Waals surface area contributed by atoms with Crippen molar-refractivity contribution < 1.29 is 9.84 Å². The van der Waals surface area contributed by atoms with Crippen molar-refractivity contribution >= 4 is 0 Å². The summed E-state index contributed by atoms with van der Waals surface area (Å²) in [5, 5.41) is 9.69. The fraction of sp³-hybridized carbons (Fsp3) is 0.600. The van der Waals surface area contributed by atoms with Crippen molar-refractivity contribution in [3.05, 3.63) is 29.8 Å². The maximum atomic E-state index is 9.69. The van der Waals surface area contributed by atoms with Gasteiger partial charge >= 0.3 is 0 Å². The number of benzene rings is 1. The van der Waals surface area contributed by atoms with Crippen LogP contribution in [0.4, 0.5) is 0 Å². The van der Waals surface area contributed by atoms with Gasteiger partial charge in [0.1, 0.15) is 5.75 Å². The predicted molar refractivity (Wildman–Crippen MR) is 69.4 cm³/mol. The Morgan fingerprint density at radius 1 is 1.35 bits per heavy atom. The number of aliphatic hydroxyl groups excluding tert-OH is 1. The maximum Gasteiger partial charge on any atom is 0.122 e. The van der Waals surface area contributed by atoms with Crippen LogP contribution in [0.3, 0.4) is 0 Å². The van der Waals surface area contributed by atoms with Gasteiger partial charge in [-0.25, -0.2) is 0 Å². The highest BCUT2D eigenvalue weighted by Crippen LogP contribution is 2.36. The molecule has 0 aromatic heterocycles. The van der Waals surface area contributed by atoms with Gasteiger partial charge in [-0.1, -0.05) is 38.0 Å². The summed E-state index contributed by atoms with van der Waals surface area (Å²) in [6, 6.07) is 8.30. The van der Waals surface area contributed by atoms with Crippen LogP contribution in [0.1, 0.15) is 50.5 Å². The molecule has 94 valence electrons. The van der Waals surface area contributed by atoms with E-state index in [4.69, 9.17) is 4.74 Å². The topological polar surface area (TPSA) is 29.5 Å². The first-order valence-electron chi connectivity index (χ1n) is 6.71. The van der Waals surface area contributed by atoms with Gasteiger partial charge in [-0.05, 0) is 25.3 Å². The third-order valence-corrected chi connectivity index (χ3v) is 3.51. The molecular weight excluding hydrogens is 212 g/mol. The lowest BCUT2D eigenvalue weighted by Crippen LogP contribution is -2.07. The van der Waals surface area contributed by atoms with Gasteiger partial charge < -0.3 is 9.84 Å². The fourth-order valence-electron chi connectivity index (χ4n) is 2.55. The van der Waals surface area contributed by atoms with E-state index in [1.165, 1.54) is 5.56 Å². The SMILES string of the molecule is CCCC(O)CCCC1COc2ccccc21. The number of rotatable bonds is 6. The Morgan fingerprint density at radius 2 is 2.18 bits per heavy atom. The van der Waals surface area contributed by atoms with Gasteiger partial charge in [0.2, 0.25) is 0 Å². The van der Waals surface area contributed by atoms with Crippen molar-refractivity contribution in [1.29, 1.82) is 0 Å². The second-order valence-corrected chi connectivity index (χ2v) is 4.92. The number of fused-ring (bicyclic) bond motifs is 1. The van der Waals surface area contributed by atoms with E-state index in [1.54, 1.807) is 0 Å². The third-order valence-electron chi connectivity index (χ3n) is 3.51. The Morgan fingerprint density at radius 3 is 3.00 bits per heavy atom. The molecule has 0 aliphatic carbocycles. The lowest BCUT2D eigenvalue weighted by atomic mass is 9.94. The molecule has 1 aromatic carbocycles. The number of ether oxygens (including phenoxy) is 1. The summed E-state index contributed by atoms with van der Waals surface area (Å²) < 4.78 is 5.65. The zero-order valence-electron chi connectivity index (χ0n) is 10.6. The Bertz CT molecular complexity index is 349. The summed E-state index contributed by atoms with van der Waals surface area (Å²) in [6.45, 7) is 2.92. The van der Waals surface area contributed by atoms with E-state index in [1.807, 2.05) is 12.1 Å². The van der Waals surface area contributed by atoms with Gasteiger partial charge in [0.15, 0.2) is 0 Å². The lowest BCUT2D eigenvalue weighted by molar-refractivity contribution is 0.148. The highest BCUT2D eigenvalue weighted by Gasteiger charge is 2.23. The van der Waals surface area contributed by atoms with Gasteiger partial charge in [0.25, 0.3) is 0 Å². The second-order valence-electron chi connectivity index (χ2n) is 4.92. The normalized spacial score (nSPS) is 19.8. The van der Waals surface area contributed by atoms with Gasteiger partial charge in [-0.15, -0.1) is 0 Å². The van der Waals surface area contributed by atoms with Crippen molar-refractivity contribution in [2.24, 2.45) is 0 Å². The van der Waals surface area contributed by atoms with Gasteiger partial charge in [0.05, 0.1) is 12.7 Å². The van der Waals surface area contributed by atoms with Crippen molar-refractivity contribution in [3.8, 4) is 5.75 Å². The Labute approximate surface area is 104 Å². The molecule has 0 spiro atoms. The second kappa shape index (κ2) is 6.06. The molecule has 2 atom stereocenters. The summed E-state index contributed by atoms with van der Waals surface area (Å²) in [7, 11) is 0. The van der Waals surface area contributed by atoms with E-state index in [9.17, 15) is 5.11 Å². The first-order valence-corrected chi connectivity index (χ1v) is 6.71. The lowest BCUT2D eigenvalue weighted by Gasteiger charge is -2.11. The Kier molecular flexibility index (Phi) is 4.43. The summed E-state index contributed by atoms with van der Waals surface area (Å²) in [4.78, 5) is 0. The first kappa shape index (κ1) is 12.4. The number of hydrogen-bond acceptors (Lipinski definition) is 2. The molecule has 0 amide bonds. The summed E-state index contributed by atoms with van der Waals surface area (Å²) in [5.74, 6) is 1.58. The molecule has 17 heavy (non-hydrogen) atoms. The summed E-state index contributed by atoms with van der Waals surface area (Å²) >= 11 is 0. The molecule has 2 nitrogen and oxygen atoms in total. The van der Waals surface area contributed by atoms with E-state index in [-0.39, 0.29) is 6.10 Å². The zero-order chi connectivity index (χ0) is 12.1. The highest BCUT2D eigenvalue weighted by atomic mass is 16.5. The van der Waals surface area contributed by atoms with Crippen molar-refractivity contribution in [2.45, 2.75) is 51.0 Å². The van der Waals surface area contributed by atoms with Crippen LogP contribution in [0.2, 0.25) is 0 Å². The fourth-order valence-corrected chi connectivity index (χ4v) is 2.55. The maximum absolute atomic E-state index is 9.69. The summed E-state index contributed by atoms with van der Waals surface area (Å²) in [6.07, 6.45) is 5.01. The standard InChI is InChI=1S/C15H22O2/c1-2-6-13(16)8-5-7-12-11-17-15-10-4-3-9-14(12)15/h3-4,9-10,12-13,16H,2,5-8,11H2,1H3. The van der Waals surface area contributed by atoms with Gasteiger partial charge in [-0.3, -0.25) is 0 Å². The molecule has 2 rings (SSSR count). The Hall–Kier alpha value is -1.02. The van der Waals surface area contributed by atoms with Crippen LogP contribution in [0.25, 0.3) is 0 Å². The van der Waals surface area contributed by atoms with E-state index in [0.29, 0.717) is 5.92 Å². The zero-order valence-corrected chi connectivity index (χ0v) is 10.6. The summed E-state index contributed by atoms with van der Waals surface area (Å²) in [5.41, 5.74) is 1.34. The van der Waals surface area contributed by atoms with Gasteiger partial charge in [-0.2, -0.15) is 0 Å². The minimum atomic E-state index is -0.113. The molecule has 0 radical (unpaired) electrons. The molecule has 1 N–H and O–H groups in total. The monoisotopic (exact) mass is 234 g/mol. The third kappa shape index (κ3) is 3.22. The van der Waals surface area contributed by atoms with E-state index in [2.05, 4.69) is 19.1 Å². The molecule has 1 aromatic rings. The first-order chi connectivity index (χ1) is 8.31. The Balaban J connectivity index is 1.78. The molecule has 0 bridgehead atoms. The smallest absolute Gasteiger partial charge is 0.122 e. The quantitative estimate of drug-likeness (QED) is 0.816. The molecule has 0 saturated carbocycles. The molecule has 2 heteroatoms. The highest BCUT2D eigenvalue weighted by molar-refractivity contribution is 5.39. The molecule has 0 saturated heterocycles. The molecule has 1 aliphatic rings. The number of aliphatic hydroxyl groups is 1. The van der Waals surface area contributed by atoms with Crippen molar-refractivity contribution in [2.75, 3.05) is 6.61 Å². The van der Waals surface area contributed by atoms with Crippen LogP contribution >= 0.6 is 0 Å². The van der Waals surface area contributed by atoms with E-state index >= 15 is 0 Å². The number of hydrogen-bond donors (Lipinski definition) is 1. The minimum Gasteiger partial charge on any atom is -0.493 e. The van der Waals surface area contributed by atoms with Crippen molar-refractivity contribution in [1.82, 2.24) is 0 Å². The predicted octanol–water partition coefficient (Wildman–Crippen LogP) is 3.49. The molecule has 0 fully saturated rings. The average Bonchev–Trinajstić information content (AvgIpc) is 2.73. The van der Waals surface area contributed by atoms with Crippen LogP contribution in [-0.4, -0.2) is 17.8 Å². The molecule has 1 aliphatic heterocycles.